The summed E-state index contributed by atoms with van der Waals surface area (Å²) < 4.78 is 10.7. The Morgan fingerprint density at radius 3 is 2.22 bits per heavy atom. The van der Waals surface area contributed by atoms with E-state index in [2.05, 4.69) is 11.2 Å². The highest BCUT2D eigenvalue weighted by atomic mass is 16.6. The Labute approximate surface area is 138 Å². The molecule has 0 unspecified atom stereocenters. The van der Waals surface area contributed by atoms with Gasteiger partial charge in [0.15, 0.2) is 0 Å². The Morgan fingerprint density at radius 1 is 1.17 bits per heavy atom. The van der Waals surface area contributed by atoms with E-state index in [-0.39, 0.29) is 12.1 Å². The minimum absolute atomic E-state index is 0.242. The van der Waals surface area contributed by atoms with Crippen LogP contribution >= 0.6 is 0 Å². The predicted octanol–water partition coefficient (Wildman–Crippen LogP) is 2.91. The average molecular weight is 324 g/mol. The number of nitrogens with one attached hydrogen (secondary N) is 1. The first-order chi connectivity index (χ1) is 10.4. The lowest BCUT2D eigenvalue weighted by Gasteiger charge is -2.30. The number of alkyl carbamates (subject to hydrolysis) is 1. The first-order valence-electron chi connectivity index (χ1n) is 7.85. The molecule has 130 valence electrons. The molecule has 0 bridgehead atoms. The van der Waals surface area contributed by atoms with Crippen molar-refractivity contribution < 1.29 is 19.1 Å². The van der Waals surface area contributed by atoms with Crippen LogP contribution in [0.1, 0.15) is 54.4 Å². The van der Waals surface area contributed by atoms with Crippen LogP contribution in [-0.2, 0) is 9.47 Å². The molecule has 0 saturated carbocycles. The number of amides is 2. The van der Waals surface area contributed by atoms with Crippen molar-refractivity contribution in [1.82, 2.24) is 10.2 Å². The van der Waals surface area contributed by atoms with E-state index >= 15 is 0 Å². The van der Waals surface area contributed by atoms with Crippen molar-refractivity contribution in [1.29, 1.82) is 0 Å². The van der Waals surface area contributed by atoms with Crippen molar-refractivity contribution in [2.24, 2.45) is 0 Å². The maximum absolute atomic E-state index is 12.3. The third kappa shape index (κ3) is 6.39. The smallest absolute Gasteiger partial charge is 0.410 e. The fourth-order valence-corrected chi connectivity index (χ4v) is 2.40. The van der Waals surface area contributed by atoms with Crippen molar-refractivity contribution in [2.75, 3.05) is 6.54 Å². The van der Waals surface area contributed by atoms with E-state index in [0.29, 0.717) is 19.4 Å². The van der Waals surface area contributed by atoms with Gasteiger partial charge in [0.2, 0.25) is 0 Å². The van der Waals surface area contributed by atoms with Crippen molar-refractivity contribution in [3.05, 3.63) is 0 Å². The van der Waals surface area contributed by atoms with Gasteiger partial charge in [0.1, 0.15) is 11.2 Å². The van der Waals surface area contributed by atoms with Gasteiger partial charge in [-0.1, -0.05) is 0 Å². The number of likely N-dealkylation sites (tertiary alicyclic amines) is 1. The summed E-state index contributed by atoms with van der Waals surface area (Å²) in [6.45, 7) is 11.3. The molecule has 2 amide bonds. The summed E-state index contributed by atoms with van der Waals surface area (Å²) in [5.74, 6) is 2.57. The lowest BCUT2D eigenvalue weighted by molar-refractivity contribution is 0.0206. The number of hydrogen-bond acceptors (Lipinski definition) is 4. The molecule has 1 aliphatic heterocycles. The van der Waals surface area contributed by atoms with Crippen molar-refractivity contribution >= 4 is 12.2 Å². The predicted molar refractivity (Wildman–Crippen MR) is 88.0 cm³/mol. The fraction of sp³-hybridized carbons (Fsp3) is 0.765. The van der Waals surface area contributed by atoms with Gasteiger partial charge in [-0.15, -0.1) is 12.3 Å². The minimum Gasteiger partial charge on any atom is -0.444 e. The van der Waals surface area contributed by atoms with Crippen molar-refractivity contribution in [2.45, 2.75) is 77.7 Å². The monoisotopic (exact) mass is 324 g/mol. The zero-order valence-corrected chi connectivity index (χ0v) is 14.9. The van der Waals surface area contributed by atoms with E-state index in [1.54, 1.807) is 25.7 Å². The Kier molecular flexibility index (Phi) is 5.92. The Balaban J connectivity index is 2.74. The molecule has 0 aromatic rings. The van der Waals surface area contributed by atoms with Crippen LogP contribution in [0.2, 0.25) is 0 Å². The van der Waals surface area contributed by atoms with E-state index in [9.17, 15) is 9.59 Å². The summed E-state index contributed by atoms with van der Waals surface area (Å²) in [7, 11) is 0. The van der Waals surface area contributed by atoms with Crippen LogP contribution in [0, 0.1) is 12.3 Å². The van der Waals surface area contributed by atoms with Crippen LogP contribution < -0.4 is 5.32 Å². The van der Waals surface area contributed by atoms with Gasteiger partial charge in [-0.25, -0.2) is 9.59 Å². The first kappa shape index (κ1) is 19.1. The topological polar surface area (TPSA) is 67.9 Å². The van der Waals surface area contributed by atoms with Gasteiger partial charge >= 0.3 is 12.2 Å². The third-order valence-electron chi connectivity index (χ3n) is 3.20. The average Bonchev–Trinajstić information content (AvgIpc) is 2.68. The highest BCUT2D eigenvalue weighted by Crippen LogP contribution is 2.24. The van der Waals surface area contributed by atoms with Crippen LogP contribution in [0.25, 0.3) is 0 Å². The molecule has 23 heavy (non-hydrogen) atoms. The molecule has 1 heterocycles. The maximum Gasteiger partial charge on any atom is 0.410 e. The van der Waals surface area contributed by atoms with Crippen LogP contribution in [0.4, 0.5) is 9.59 Å². The van der Waals surface area contributed by atoms with Crippen molar-refractivity contribution in [3.8, 4) is 12.3 Å². The first-order valence-corrected chi connectivity index (χ1v) is 7.85. The van der Waals surface area contributed by atoms with Crippen LogP contribution in [-0.4, -0.2) is 46.9 Å². The molecule has 0 aromatic carbocycles. The van der Waals surface area contributed by atoms with Gasteiger partial charge in [0, 0.05) is 13.0 Å². The molecular weight excluding hydrogens is 296 g/mol. The number of nitrogens with zero attached hydrogens (tertiary/aromatic N) is 1. The number of ether oxygens (including phenoxy) is 2. The van der Waals surface area contributed by atoms with E-state index in [4.69, 9.17) is 15.9 Å². The minimum atomic E-state index is -0.575. The number of terminal acetylenes is 1. The second-order valence-corrected chi connectivity index (χ2v) is 7.69. The standard InChI is InChI=1S/C17H28N2O4/c1-8-9-13-12(18-14(20)22-16(2,3)4)10-11-19(13)15(21)23-17(5,6)7/h1,12-13H,9-11H2,2-7H3,(H,18,20)/t12-,13-/m1/s1. The Bertz CT molecular complexity index is 482. The summed E-state index contributed by atoms with van der Waals surface area (Å²) in [6, 6.07) is -0.532. The Hall–Kier alpha value is -1.90. The van der Waals surface area contributed by atoms with Gasteiger partial charge in [0.05, 0.1) is 12.1 Å². The molecule has 1 rings (SSSR count). The molecule has 1 saturated heterocycles. The maximum atomic E-state index is 12.3. The van der Waals surface area contributed by atoms with Gasteiger partial charge in [-0.05, 0) is 48.0 Å². The molecule has 2 atom stereocenters. The lowest BCUT2D eigenvalue weighted by atomic mass is 10.1. The van der Waals surface area contributed by atoms with Gasteiger partial charge in [-0.3, -0.25) is 0 Å². The van der Waals surface area contributed by atoms with E-state index in [1.165, 1.54) is 0 Å². The fourth-order valence-electron chi connectivity index (χ4n) is 2.40. The van der Waals surface area contributed by atoms with E-state index in [1.807, 2.05) is 20.8 Å². The molecule has 6 nitrogen and oxygen atoms in total. The van der Waals surface area contributed by atoms with Crippen molar-refractivity contribution in [3.63, 3.8) is 0 Å². The molecule has 0 radical (unpaired) electrons. The number of carbonyl (C=O) groups is 2. The molecule has 0 aromatic heterocycles. The Morgan fingerprint density at radius 2 is 1.74 bits per heavy atom. The molecule has 0 aliphatic carbocycles. The molecule has 1 fully saturated rings. The number of rotatable bonds is 2. The summed E-state index contributed by atoms with van der Waals surface area (Å²) in [6.07, 6.45) is 5.47. The number of carbonyl (C=O) groups excluding carboxylic acids is 2. The van der Waals surface area contributed by atoms with Gasteiger partial charge in [-0.2, -0.15) is 0 Å². The quantitative estimate of drug-likeness (QED) is 0.793. The molecule has 6 heteroatoms. The van der Waals surface area contributed by atoms with Gasteiger partial charge < -0.3 is 19.7 Å². The lowest BCUT2D eigenvalue weighted by Crippen LogP contribution is -2.48. The zero-order valence-electron chi connectivity index (χ0n) is 14.9. The third-order valence-corrected chi connectivity index (χ3v) is 3.20. The van der Waals surface area contributed by atoms with Crippen LogP contribution in [0.3, 0.4) is 0 Å². The van der Waals surface area contributed by atoms with E-state index in [0.717, 1.165) is 0 Å². The van der Waals surface area contributed by atoms with Gasteiger partial charge in [0.25, 0.3) is 0 Å². The van der Waals surface area contributed by atoms with E-state index < -0.39 is 23.4 Å². The SMILES string of the molecule is C#CC[C@@H]1[C@H](NC(=O)OC(C)(C)C)CCN1C(=O)OC(C)(C)C. The molecular formula is C17H28N2O4. The summed E-state index contributed by atoms with van der Waals surface area (Å²) in [5, 5.41) is 2.81. The summed E-state index contributed by atoms with van der Waals surface area (Å²) in [5.41, 5.74) is -1.15. The second kappa shape index (κ2) is 7.12. The molecule has 1 N–H and O–H groups in total. The highest BCUT2D eigenvalue weighted by Gasteiger charge is 2.39. The second-order valence-electron chi connectivity index (χ2n) is 7.69. The summed E-state index contributed by atoms with van der Waals surface area (Å²) in [4.78, 5) is 25.8. The normalized spacial score (nSPS) is 21.5. The van der Waals surface area contributed by atoms with Crippen LogP contribution in [0.5, 0.6) is 0 Å². The zero-order chi connectivity index (χ0) is 17.8. The highest BCUT2D eigenvalue weighted by molar-refractivity contribution is 5.71. The summed E-state index contributed by atoms with van der Waals surface area (Å²) >= 11 is 0. The number of hydrogen-bond donors (Lipinski definition) is 1. The molecule has 1 aliphatic rings. The molecule has 0 spiro atoms. The van der Waals surface area contributed by atoms with Crippen LogP contribution in [0.15, 0.2) is 0 Å². The largest absolute Gasteiger partial charge is 0.444 e.